The lowest BCUT2D eigenvalue weighted by molar-refractivity contribution is -0.116. The summed E-state index contributed by atoms with van der Waals surface area (Å²) in [5, 5.41) is 6.98. The number of benzene rings is 2. The molecule has 0 fully saturated rings. The monoisotopic (exact) mass is 485 g/mol. The number of nitrogens with one attached hydrogen (secondary N) is 1. The van der Waals surface area contributed by atoms with Crippen molar-refractivity contribution in [1.82, 2.24) is 25.1 Å². The van der Waals surface area contributed by atoms with Crippen molar-refractivity contribution >= 4 is 12.0 Å². The van der Waals surface area contributed by atoms with Crippen molar-refractivity contribution in [1.29, 1.82) is 0 Å². The molecule has 0 aliphatic heterocycles. The third-order valence-corrected chi connectivity index (χ3v) is 5.00. The minimum absolute atomic E-state index is 0.236. The zero-order chi connectivity index (χ0) is 25.0. The summed E-state index contributed by atoms with van der Waals surface area (Å²) < 4.78 is 18.8. The van der Waals surface area contributed by atoms with Gasteiger partial charge in [0.05, 0.1) is 6.61 Å². The summed E-state index contributed by atoms with van der Waals surface area (Å²) in [7, 11) is 0. The lowest BCUT2D eigenvalue weighted by atomic mass is 10.2. The maximum atomic E-state index is 12.4. The van der Waals surface area contributed by atoms with Gasteiger partial charge in [-0.1, -0.05) is 30.3 Å². The molecule has 184 valence electrons. The van der Waals surface area contributed by atoms with Crippen molar-refractivity contribution < 1.29 is 19.0 Å². The molecule has 0 bridgehead atoms. The van der Waals surface area contributed by atoms with Crippen LogP contribution in [0.5, 0.6) is 17.2 Å². The average molecular weight is 486 g/mol. The first kappa shape index (κ1) is 24.5. The van der Waals surface area contributed by atoms with E-state index >= 15 is 0 Å². The largest absolute Gasteiger partial charge is 0.490 e. The maximum absolute atomic E-state index is 12.4. The Morgan fingerprint density at radius 3 is 2.67 bits per heavy atom. The van der Waals surface area contributed by atoms with Crippen molar-refractivity contribution in [3.63, 3.8) is 0 Å². The second kappa shape index (κ2) is 12.7. The number of hydrogen-bond acceptors (Lipinski definition) is 7. The van der Waals surface area contributed by atoms with Crippen molar-refractivity contribution in [2.45, 2.75) is 13.5 Å². The zero-order valence-electron chi connectivity index (χ0n) is 19.9. The van der Waals surface area contributed by atoms with Crippen LogP contribution in [-0.4, -0.2) is 45.5 Å². The molecule has 9 nitrogen and oxygen atoms in total. The summed E-state index contributed by atoms with van der Waals surface area (Å²) >= 11 is 0. The number of carbonyl (C=O) groups excluding carboxylic acids is 1. The normalized spacial score (nSPS) is 10.8. The Kier molecular flexibility index (Phi) is 8.63. The van der Waals surface area contributed by atoms with Crippen molar-refractivity contribution in [3.05, 3.63) is 96.7 Å². The topological polar surface area (TPSA) is 100 Å². The van der Waals surface area contributed by atoms with Gasteiger partial charge in [0, 0.05) is 24.4 Å². The SMILES string of the molecule is CCOc1cc(/C=C/C(=O)NCc2cccnc2-n2cncn2)ccc1OCCOc1ccccc1. The fraction of sp³-hybridized carbons (Fsp3) is 0.185. The van der Waals surface area contributed by atoms with Crippen LogP contribution >= 0.6 is 0 Å². The highest BCUT2D eigenvalue weighted by molar-refractivity contribution is 5.91. The summed E-state index contributed by atoms with van der Waals surface area (Å²) in [5.41, 5.74) is 1.63. The highest BCUT2D eigenvalue weighted by Gasteiger charge is 2.08. The number of amides is 1. The number of para-hydroxylation sites is 1. The van der Waals surface area contributed by atoms with E-state index in [0.717, 1.165) is 16.9 Å². The Morgan fingerprint density at radius 2 is 1.86 bits per heavy atom. The van der Waals surface area contributed by atoms with E-state index in [1.54, 1.807) is 23.3 Å². The number of carbonyl (C=O) groups is 1. The summed E-state index contributed by atoms with van der Waals surface area (Å²) in [6.45, 7) is 3.48. The second-order valence-electron chi connectivity index (χ2n) is 7.53. The van der Waals surface area contributed by atoms with Gasteiger partial charge in [-0.2, -0.15) is 5.10 Å². The fourth-order valence-corrected chi connectivity index (χ4v) is 3.35. The predicted molar refractivity (Wildman–Crippen MR) is 135 cm³/mol. The lowest BCUT2D eigenvalue weighted by Crippen LogP contribution is -2.21. The van der Waals surface area contributed by atoms with E-state index in [1.165, 1.54) is 12.4 Å². The van der Waals surface area contributed by atoms with Gasteiger partial charge in [-0.05, 0) is 48.9 Å². The van der Waals surface area contributed by atoms with Gasteiger partial charge in [-0.25, -0.2) is 14.6 Å². The van der Waals surface area contributed by atoms with Gasteiger partial charge >= 0.3 is 0 Å². The predicted octanol–water partition coefficient (Wildman–Crippen LogP) is 3.85. The molecule has 0 saturated carbocycles. The molecule has 0 atom stereocenters. The van der Waals surface area contributed by atoms with Crippen molar-refractivity contribution in [2.24, 2.45) is 0 Å². The van der Waals surface area contributed by atoms with Gasteiger partial charge in [-0.15, -0.1) is 0 Å². The Bertz CT molecular complexity index is 1280. The molecule has 0 radical (unpaired) electrons. The molecule has 1 N–H and O–H groups in total. The van der Waals surface area contributed by atoms with E-state index in [1.807, 2.05) is 67.6 Å². The second-order valence-corrected chi connectivity index (χ2v) is 7.53. The summed E-state index contributed by atoms with van der Waals surface area (Å²) in [4.78, 5) is 20.7. The van der Waals surface area contributed by atoms with Gasteiger partial charge in [0.25, 0.3) is 0 Å². The average Bonchev–Trinajstić information content (AvgIpc) is 3.45. The van der Waals surface area contributed by atoms with Crippen LogP contribution < -0.4 is 19.5 Å². The molecule has 2 aromatic carbocycles. The van der Waals surface area contributed by atoms with E-state index in [0.29, 0.717) is 43.7 Å². The fourth-order valence-electron chi connectivity index (χ4n) is 3.35. The third kappa shape index (κ3) is 6.92. The first-order chi connectivity index (χ1) is 17.7. The van der Waals surface area contributed by atoms with Crippen LogP contribution in [0.4, 0.5) is 0 Å². The van der Waals surface area contributed by atoms with E-state index in [4.69, 9.17) is 14.2 Å². The first-order valence-corrected chi connectivity index (χ1v) is 11.5. The van der Waals surface area contributed by atoms with Crippen LogP contribution in [0.2, 0.25) is 0 Å². The summed E-state index contributed by atoms with van der Waals surface area (Å²) in [6.07, 6.45) is 7.87. The molecular weight excluding hydrogens is 458 g/mol. The van der Waals surface area contributed by atoms with Crippen LogP contribution in [-0.2, 0) is 11.3 Å². The molecule has 0 aliphatic rings. The Hall–Kier alpha value is -4.66. The van der Waals surface area contributed by atoms with E-state index in [2.05, 4.69) is 20.4 Å². The van der Waals surface area contributed by atoms with Crippen molar-refractivity contribution in [3.8, 4) is 23.1 Å². The number of nitrogens with zero attached hydrogens (tertiary/aromatic N) is 4. The van der Waals surface area contributed by atoms with E-state index in [9.17, 15) is 4.79 Å². The minimum atomic E-state index is -0.236. The molecule has 1 amide bonds. The molecule has 9 heteroatoms. The molecule has 0 saturated heterocycles. The zero-order valence-corrected chi connectivity index (χ0v) is 19.9. The molecule has 0 aliphatic carbocycles. The van der Waals surface area contributed by atoms with Gasteiger partial charge in [0.15, 0.2) is 17.3 Å². The molecule has 4 rings (SSSR count). The molecule has 2 aromatic heterocycles. The van der Waals surface area contributed by atoms with Crippen LogP contribution in [0.25, 0.3) is 11.9 Å². The van der Waals surface area contributed by atoms with Crippen LogP contribution in [0.3, 0.4) is 0 Å². The highest BCUT2D eigenvalue weighted by Crippen LogP contribution is 2.29. The number of aromatic nitrogens is 4. The molecule has 2 heterocycles. The third-order valence-electron chi connectivity index (χ3n) is 5.00. The Balaban J connectivity index is 1.32. The van der Waals surface area contributed by atoms with Crippen LogP contribution in [0.1, 0.15) is 18.1 Å². The van der Waals surface area contributed by atoms with Gasteiger partial charge in [-0.3, -0.25) is 4.79 Å². The lowest BCUT2D eigenvalue weighted by Gasteiger charge is -2.13. The first-order valence-electron chi connectivity index (χ1n) is 11.5. The number of pyridine rings is 1. The number of hydrogen-bond donors (Lipinski definition) is 1. The van der Waals surface area contributed by atoms with Gasteiger partial charge < -0.3 is 19.5 Å². The van der Waals surface area contributed by atoms with Crippen LogP contribution in [0, 0.1) is 0 Å². The summed E-state index contributed by atoms with van der Waals surface area (Å²) in [6, 6.07) is 18.8. The molecule has 36 heavy (non-hydrogen) atoms. The van der Waals surface area contributed by atoms with E-state index in [-0.39, 0.29) is 5.91 Å². The summed E-state index contributed by atoms with van der Waals surface area (Å²) in [5.74, 6) is 2.40. The molecular formula is C27H27N5O4. The Morgan fingerprint density at radius 1 is 1.00 bits per heavy atom. The maximum Gasteiger partial charge on any atom is 0.244 e. The van der Waals surface area contributed by atoms with Gasteiger partial charge in [0.1, 0.15) is 31.6 Å². The van der Waals surface area contributed by atoms with Gasteiger partial charge in [0.2, 0.25) is 5.91 Å². The van der Waals surface area contributed by atoms with E-state index < -0.39 is 0 Å². The number of rotatable bonds is 12. The quantitative estimate of drug-likeness (QED) is 0.240. The smallest absolute Gasteiger partial charge is 0.244 e. The Labute approximate surface area is 209 Å². The highest BCUT2D eigenvalue weighted by atomic mass is 16.5. The molecule has 0 spiro atoms. The number of ether oxygens (including phenoxy) is 3. The molecule has 4 aromatic rings. The van der Waals surface area contributed by atoms with Crippen LogP contribution in [0.15, 0.2) is 85.6 Å². The minimum Gasteiger partial charge on any atom is -0.490 e. The van der Waals surface area contributed by atoms with Crippen molar-refractivity contribution in [2.75, 3.05) is 19.8 Å². The molecule has 0 unspecified atom stereocenters. The standard InChI is InChI=1S/C27H27N5O4/c1-2-34-25-17-21(10-12-24(25)36-16-15-35-23-8-4-3-5-9-23)11-13-26(33)30-18-22-7-6-14-29-27(22)32-20-28-19-31-32/h3-14,17,19-20H,2,15-16,18H2,1H3,(H,30,33)/b13-11+.